The maximum absolute atomic E-state index is 12.1. The van der Waals surface area contributed by atoms with Gasteiger partial charge in [0.25, 0.3) is 10.0 Å². The number of hydrogen-bond acceptors (Lipinski definition) is 4. The number of nitrogens with one attached hydrogen (secondary N) is 1. The third kappa shape index (κ3) is 2.85. The highest BCUT2D eigenvalue weighted by atomic mass is 79.9. The summed E-state index contributed by atoms with van der Waals surface area (Å²) in [5.41, 5.74) is 0.496. The van der Waals surface area contributed by atoms with Gasteiger partial charge in [-0.3, -0.25) is 4.72 Å². The summed E-state index contributed by atoms with van der Waals surface area (Å²) in [5, 5.41) is 1.71. The quantitative estimate of drug-likeness (QED) is 0.922. The zero-order chi connectivity index (χ0) is 13.2. The van der Waals surface area contributed by atoms with Crippen molar-refractivity contribution in [3.63, 3.8) is 0 Å². The minimum absolute atomic E-state index is 0.262. The van der Waals surface area contributed by atoms with Gasteiger partial charge in [0.05, 0.1) is 7.11 Å². The fraction of sp³-hybridized carbons (Fsp3) is 0.0909. The van der Waals surface area contributed by atoms with Crippen LogP contribution in [0.2, 0.25) is 0 Å². The lowest BCUT2D eigenvalue weighted by atomic mass is 10.3. The van der Waals surface area contributed by atoms with Gasteiger partial charge in [-0.2, -0.15) is 0 Å². The molecule has 1 heterocycles. The normalized spacial score (nSPS) is 11.2. The van der Waals surface area contributed by atoms with Gasteiger partial charge < -0.3 is 4.74 Å². The van der Waals surface area contributed by atoms with Crippen molar-refractivity contribution in [2.75, 3.05) is 11.8 Å². The molecule has 1 N–H and O–H groups in total. The molecule has 1 aromatic carbocycles. The molecule has 2 aromatic rings. The number of anilines is 1. The smallest absolute Gasteiger partial charge is 0.272 e. The lowest BCUT2D eigenvalue weighted by Crippen LogP contribution is -2.11. The molecule has 0 atom stereocenters. The number of hydrogen-bond donors (Lipinski definition) is 1. The molecule has 0 saturated carbocycles. The molecule has 1 aromatic heterocycles. The summed E-state index contributed by atoms with van der Waals surface area (Å²) >= 11 is 4.37. The van der Waals surface area contributed by atoms with E-state index in [0.717, 1.165) is 11.3 Å². The molecule has 2 rings (SSSR count). The number of thiophene rings is 1. The Balaban J connectivity index is 2.25. The first-order valence-corrected chi connectivity index (χ1v) is 8.08. The van der Waals surface area contributed by atoms with E-state index in [-0.39, 0.29) is 4.21 Å². The van der Waals surface area contributed by atoms with Gasteiger partial charge >= 0.3 is 0 Å². The van der Waals surface area contributed by atoms with Crippen molar-refractivity contribution in [3.8, 4) is 5.75 Å². The molecular formula is C11H10BrNO3S2. The molecule has 0 aliphatic carbocycles. The summed E-state index contributed by atoms with van der Waals surface area (Å²) in [6.45, 7) is 0. The van der Waals surface area contributed by atoms with Crippen LogP contribution in [0.25, 0.3) is 0 Å². The Morgan fingerprint density at radius 3 is 2.39 bits per heavy atom. The van der Waals surface area contributed by atoms with Crippen LogP contribution in [0.15, 0.2) is 44.4 Å². The van der Waals surface area contributed by atoms with E-state index < -0.39 is 10.0 Å². The van der Waals surface area contributed by atoms with Crippen molar-refractivity contribution >= 4 is 43.0 Å². The van der Waals surface area contributed by atoms with E-state index in [1.165, 1.54) is 0 Å². The average molecular weight is 348 g/mol. The summed E-state index contributed by atoms with van der Waals surface area (Å²) in [4.78, 5) is 0. The van der Waals surface area contributed by atoms with Crippen molar-refractivity contribution in [2.24, 2.45) is 0 Å². The SMILES string of the molecule is COc1ccc(NS(=O)(=O)c2sccc2Br)cc1. The zero-order valence-electron chi connectivity index (χ0n) is 9.38. The molecule has 0 aliphatic heterocycles. The first kappa shape index (κ1) is 13.4. The largest absolute Gasteiger partial charge is 0.497 e. The number of halogens is 1. The summed E-state index contributed by atoms with van der Waals surface area (Å²) in [7, 11) is -1.98. The number of benzene rings is 1. The van der Waals surface area contributed by atoms with Crippen LogP contribution in [-0.2, 0) is 10.0 Å². The lowest BCUT2D eigenvalue weighted by Gasteiger charge is -2.07. The maximum Gasteiger partial charge on any atom is 0.272 e. The Bertz CT molecular complexity index is 635. The minimum Gasteiger partial charge on any atom is -0.497 e. The van der Waals surface area contributed by atoms with Gasteiger partial charge in [-0.05, 0) is 51.6 Å². The Hall–Kier alpha value is -1.05. The standard InChI is InChI=1S/C11H10BrNO3S2/c1-16-9-4-2-8(3-5-9)13-18(14,15)11-10(12)6-7-17-11/h2-7,13H,1H3. The van der Waals surface area contributed by atoms with Gasteiger partial charge in [0, 0.05) is 10.2 Å². The summed E-state index contributed by atoms with van der Waals surface area (Å²) in [5.74, 6) is 0.676. The summed E-state index contributed by atoms with van der Waals surface area (Å²) < 4.78 is 32.5. The van der Waals surface area contributed by atoms with Gasteiger partial charge in [0.15, 0.2) is 4.21 Å². The number of sulfonamides is 1. The van der Waals surface area contributed by atoms with Crippen LogP contribution in [0, 0.1) is 0 Å². The molecule has 0 fully saturated rings. The Labute approximate surface area is 118 Å². The highest BCUT2D eigenvalue weighted by Crippen LogP contribution is 2.29. The zero-order valence-corrected chi connectivity index (χ0v) is 12.6. The maximum atomic E-state index is 12.1. The van der Waals surface area contributed by atoms with Gasteiger partial charge in [-0.25, -0.2) is 8.42 Å². The van der Waals surface area contributed by atoms with Crippen LogP contribution in [0.4, 0.5) is 5.69 Å². The number of ether oxygens (including phenoxy) is 1. The molecule has 0 amide bonds. The average Bonchev–Trinajstić information content (AvgIpc) is 2.77. The Morgan fingerprint density at radius 1 is 1.22 bits per heavy atom. The molecule has 0 aliphatic rings. The predicted octanol–water partition coefficient (Wildman–Crippen LogP) is 3.32. The Kier molecular flexibility index (Phi) is 3.94. The molecule has 7 heteroatoms. The van der Waals surface area contributed by atoms with Gasteiger partial charge in [0.2, 0.25) is 0 Å². The van der Waals surface area contributed by atoms with Crippen LogP contribution < -0.4 is 9.46 Å². The summed E-state index contributed by atoms with van der Waals surface area (Å²) in [6.07, 6.45) is 0. The third-order valence-corrected chi connectivity index (χ3v) is 6.22. The molecule has 96 valence electrons. The van der Waals surface area contributed by atoms with Crippen molar-refractivity contribution in [1.82, 2.24) is 0 Å². The van der Waals surface area contributed by atoms with E-state index in [0.29, 0.717) is 15.9 Å². The second-order valence-electron chi connectivity index (χ2n) is 3.39. The molecule has 0 saturated heterocycles. The van der Waals surface area contributed by atoms with E-state index >= 15 is 0 Å². The van der Waals surface area contributed by atoms with Crippen LogP contribution in [0.3, 0.4) is 0 Å². The lowest BCUT2D eigenvalue weighted by molar-refractivity contribution is 0.415. The van der Waals surface area contributed by atoms with E-state index in [9.17, 15) is 8.42 Å². The topological polar surface area (TPSA) is 55.4 Å². The van der Waals surface area contributed by atoms with Crippen LogP contribution in [-0.4, -0.2) is 15.5 Å². The molecule has 0 unspecified atom stereocenters. The first-order chi connectivity index (χ1) is 8.53. The van der Waals surface area contributed by atoms with Crippen LogP contribution in [0.5, 0.6) is 5.75 Å². The number of rotatable bonds is 4. The molecule has 4 nitrogen and oxygen atoms in total. The monoisotopic (exact) mass is 347 g/mol. The fourth-order valence-electron chi connectivity index (χ4n) is 1.33. The third-order valence-electron chi connectivity index (χ3n) is 2.17. The predicted molar refractivity (Wildman–Crippen MR) is 75.8 cm³/mol. The summed E-state index contributed by atoms with van der Waals surface area (Å²) in [6, 6.07) is 8.39. The van der Waals surface area contributed by atoms with Crippen molar-refractivity contribution in [3.05, 3.63) is 40.2 Å². The van der Waals surface area contributed by atoms with E-state index in [1.54, 1.807) is 42.8 Å². The van der Waals surface area contributed by atoms with Crippen molar-refractivity contribution in [2.45, 2.75) is 4.21 Å². The molecule has 0 bridgehead atoms. The van der Waals surface area contributed by atoms with E-state index in [1.807, 2.05) is 0 Å². The van der Waals surface area contributed by atoms with Gasteiger partial charge in [0.1, 0.15) is 5.75 Å². The van der Waals surface area contributed by atoms with Gasteiger partial charge in [-0.15, -0.1) is 11.3 Å². The van der Waals surface area contributed by atoms with Gasteiger partial charge in [-0.1, -0.05) is 0 Å². The van der Waals surface area contributed by atoms with Crippen molar-refractivity contribution in [1.29, 1.82) is 0 Å². The molecular weight excluding hydrogens is 338 g/mol. The van der Waals surface area contributed by atoms with Crippen LogP contribution in [0.1, 0.15) is 0 Å². The van der Waals surface area contributed by atoms with Crippen molar-refractivity contribution < 1.29 is 13.2 Å². The first-order valence-electron chi connectivity index (χ1n) is 4.93. The van der Waals surface area contributed by atoms with E-state index in [4.69, 9.17) is 4.74 Å². The molecule has 0 radical (unpaired) electrons. The second-order valence-corrected chi connectivity index (χ2v) is 7.04. The molecule has 18 heavy (non-hydrogen) atoms. The number of methoxy groups -OCH3 is 1. The van der Waals surface area contributed by atoms with E-state index in [2.05, 4.69) is 20.7 Å². The second kappa shape index (κ2) is 5.29. The minimum atomic E-state index is -3.54. The molecule has 0 spiro atoms. The highest BCUT2D eigenvalue weighted by Gasteiger charge is 2.19. The fourth-order valence-corrected chi connectivity index (χ4v) is 4.73. The Morgan fingerprint density at radius 2 is 1.89 bits per heavy atom. The highest BCUT2D eigenvalue weighted by molar-refractivity contribution is 9.10. The van der Waals surface area contributed by atoms with Crippen LogP contribution >= 0.6 is 27.3 Å².